The van der Waals surface area contributed by atoms with Gasteiger partial charge in [0.2, 0.25) is 11.8 Å². The van der Waals surface area contributed by atoms with Gasteiger partial charge in [-0.25, -0.2) is 9.97 Å². The molecule has 162 valence electrons. The molecule has 1 fully saturated rings. The number of anilines is 1. The van der Waals surface area contributed by atoms with Gasteiger partial charge >= 0.3 is 0 Å². The minimum Gasteiger partial charge on any atom is -0.352 e. The molecule has 8 heteroatoms. The van der Waals surface area contributed by atoms with Gasteiger partial charge in [0.15, 0.2) is 0 Å². The van der Waals surface area contributed by atoms with Crippen molar-refractivity contribution < 1.29 is 9.59 Å². The smallest absolute Gasteiger partial charge is 0.242 e. The fourth-order valence-corrected chi connectivity index (χ4v) is 4.89. The van der Waals surface area contributed by atoms with Crippen LogP contribution in [0.3, 0.4) is 0 Å². The van der Waals surface area contributed by atoms with Crippen molar-refractivity contribution >= 4 is 50.0 Å². The summed E-state index contributed by atoms with van der Waals surface area (Å²) in [5.74, 6) is 0.722. The van der Waals surface area contributed by atoms with Crippen LogP contribution in [-0.2, 0) is 16.0 Å². The highest BCUT2D eigenvalue weighted by atomic mass is 32.1. The molecule has 32 heavy (non-hydrogen) atoms. The van der Waals surface area contributed by atoms with Gasteiger partial charge in [0, 0.05) is 26.2 Å². The summed E-state index contributed by atoms with van der Waals surface area (Å²) >= 11 is 1.60. The van der Waals surface area contributed by atoms with Crippen molar-refractivity contribution in [2.24, 2.45) is 0 Å². The van der Waals surface area contributed by atoms with Gasteiger partial charge < -0.3 is 15.1 Å². The zero-order chi connectivity index (χ0) is 21.9. The van der Waals surface area contributed by atoms with E-state index in [0.717, 1.165) is 32.4 Å². The van der Waals surface area contributed by atoms with Crippen LogP contribution in [0.2, 0.25) is 0 Å². The molecule has 1 saturated heterocycles. The predicted molar refractivity (Wildman–Crippen MR) is 127 cm³/mol. The van der Waals surface area contributed by atoms with Crippen LogP contribution in [0, 0.1) is 0 Å². The number of amides is 2. The number of benzene rings is 2. The maximum absolute atomic E-state index is 12.7. The van der Waals surface area contributed by atoms with Crippen LogP contribution in [0.5, 0.6) is 0 Å². The average molecular weight is 446 g/mol. The van der Waals surface area contributed by atoms with E-state index in [-0.39, 0.29) is 24.8 Å². The van der Waals surface area contributed by atoms with Crippen LogP contribution in [0.15, 0.2) is 60.2 Å². The largest absolute Gasteiger partial charge is 0.352 e. The summed E-state index contributed by atoms with van der Waals surface area (Å²) in [5, 5.41) is 8.04. The second kappa shape index (κ2) is 8.92. The Hall–Kier alpha value is -3.52. The Morgan fingerprint density at radius 3 is 2.62 bits per heavy atom. The quantitative estimate of drug-likeness (QED) is 0.511. The zero-order valence-electron chi connectivity index (χ0n) is 17.5. The first-order valence-electron chi connectivity index (χ1n) is 10.6. The molecule has 1 N–H and O–H groups in total. The first kappa shape index (κ1) is 20.4. The summed E-state index contributed by atoms with van der Waals surface area (Å²) in [7, 11) is 0. The van der Waals surface area contributed by atoms with E-state index in [1.54, 1.807) is 22.6 Å². The zero-order valence-corrected chi connectivity index (χ0v) is 18.3. The molecule has 5 rings (SSSR count). The predicted octanol–water partition coefficient (Wildman–Crippen LogP) is 2.85. The van der Waals surface area contributed by atoms with E-state index in [9.17, 15) is 9.59 Å². The van der Waals surface area contributed by atoms with E-state index in [4.69, 9.17) is 0 Å². The van der Waals surface area contributed by atoms with Crippen molar-refractivity contribution in [3.8, 4) is 0 Å². The lowest BCUT2D eigenvalue weighted by molar-refractivity contribution is -0.133. The van der Waals surface area contributed by atoms with E-state index in [1.807, 2.05) is 53.9 Å². The second-order valence-corrected chi connectivity index (χ2v) is 8.69. The molecule has 2 amide bonds. The topological polar surface area (TPSA) is 78.4 Å². The number of piperazine rings is 1. The lowest BCUT2D eigenvalue weighted by atomic mass is 10.0. The van der Waals surface area contributed by atoms with Crippen LogP contribution in [-0.4, -0.2) is 59.4 Å². The van der Waals surface area contributed by atoms with E-state index in [0.29, 0.717) is 26.2 Å². The summed E-state index contributed by atoms with van der Waals surface area (Å²) in [6.45, 7) is 2.64. The molecule has 0 atom stereocenters. The van der Waals surface area contributed by atoms with Crippen LogP contribution in [0.1, 0.15) is 5.56 Å². The Labute approximate surface area is 189 Å². The molecule has 0 saturated carbocycles. The van der Waals surface area contributed by atoms with Crippen molar-refractivity contribution in [3.05, 3.63) is 65.8 Å². The highest BCUT2D eigenvalue weighted by molar-refractivity contribution is 7.16. The fourth-order valence-electron chi connectivity index (χ4n) is 4.16. The molecule has 0 spiro atoms. The van der Waals surface area contributed by atoms with Crippen molar-refractivity contribution in [3.63, 3.8) is 0 Å². The van der Waals surface area contributed by atoms with Crippen molar-refractivity contribution in [1.29, 1.82) is 0 Å². The highest BCUT2D eigenvalue weighted by Crippen LogP contribution is 2.27. The summed E-state index contributed by atoms with van der Waals surface area (Å²) in [5.41, 5.74) is 0.964. The molecule has 2 aromatic heterocycles. The minimum absolute atomic E-state index is 0.0197. The number of carbonyl (C=O) groups is 2. The third-order valence-corrected chi connectivity index (χ3v) is 6.66. The second-order valence-electron chi connectivity index (χ2n) is 7.80. The van der Waals surface area contributed by atoms with Gasteiger partial charge in [0.1, 0.15) is 17.0 Å². The van der Waals surface area contributed by atoms with Gasteiger partial charge in [-0.2, -0.15) is 0 Å². The normalized spacial score (nSPS) is 14.1. The van der Waals surface area contributed by atoms with E-state index in [2.05, 4.69) is 20.2 Å². The summed E-state index contributed by atoms with van der Waals surface area (Å²) in [6, 6.07) is 16.0. The molecular formula is C24H23N5O2S. The number of thiophene rings is 1. The van der Waals surface area contributed by atoms with Crippen molar-refractivity contribution in [1.82, 2.24) is 20.2 Å². The van der Waals surface area contributed by atoms with Crippen molar-refractivity contribution in [2.45, 2.75) is 6.42 Å². The number of carbonyl (C=O) groups excluding carboxylic acids is 2. The molecule has 0 radical (unpaired) electrons. The van der Waals surface area contributed by atoms with Gasteiger partial charge in [-0.3, -0.25) is 9.59 Å². The van der Waals surface area contributed by atoms with Crippen molar-refractivity contribution in [2.75, 3.05) is 37.6 Å². The SMILES string of the molecule is O=C(Cc1cccc2ccccc12)NCC(=O)N1CCN(c2ncnc3sccc23)CC1. The molecule has 7 nitrogen and oxygen atoms in total. The van der Waals surface area contributed by atoms with Gasteiger partial charge in [0.25, 0.3) is 0 Å². The molecule has 3 heterocycles. The third kappa shape index (κ3) is 4.13. The number of fused-ring (bicyclic) bond motifs is 2. The molecule has 0 aliphatic carbocycles. The van der Waals surface area contributed by atoms with E-state index in [1.165, 1.54) is 0 Å². The molecule has 0 unspecified atom stereocenters. The Bertz CT molecular complexity index is 1270. The van der Waals surface area contributed by atoms with Gasteiger partial charge in [-0.15, -0.1) is 11.3 Å². The lowest BCUT2D eigenvalue weighted by Crippen LogP contribution is -2.51. The first-order chi connectivity index (χ1) is 15.7. The standard InChI is InChI=1S/C24H23N5O2S/c30-21(14-18-6-3-5-17-4-1-2-7-19(17)18)25-15-22(31)28-9-11-29(12-10-28)23-20-8-13-32-24(20)27-16-26-23/h1-8,13,16H,9-12,14-15H2,(H,25,30). The van der Waals surface area contributed by atoms with Gasteiger partial charge in [0.05, 0.1) is 18.4 Å². The Kier molecular flexibility index (Phi) is 5.68. The van der Waals surface area contributed by atoms with Gasteiger partial charge in [-0.1, -0.05) is 42.5 Å². The maximum Gasteiger partial charge on any atom is 0.242 e. The monoisotopic (exact) mass is 445 g/mol. The van der Waals surface area contributed by atoms with Crippen LogP contribution in [0.4, 0.5) is 5.82 Å². The average Bonchev–Trinajstić information content (AvgIpc) is 3.32. The Morgan fingerprint density at radius 2 is 1.75 bits per heavy atom. The molecule has 0 bridgehead atoms. The van der Waals surface area contributed by atoms with Gasteiger partial charge in [-0.05, 0) is 27.8 Å². The molecule has 1 aliphatic rings. The van der Waals surface area contributed by atoms with E-state index >= 15 is 0 Å². The molecule has 4 aromatic rings. The number of nitrogens with zero attached hydrogens (tertiary/aromatic N) is 4. The van der Waals surface area contributed by atoms with E-state index < -0.39 is 0 Å². The Morgan fingerprint density at radius 1 is 0.938 bits per heavy atom. The van der Waals surface area contributed by atoms with Crippen LogP contribution < -0.4 is 10.2 Å². The Balaban J connectivity index is 1.14. The fraction of sp³-hybridized carbons (Fsp3) is 0.250. The van der Waals surface area contributed by atoms with Crippen LogP contribution >= 0.6 is 11.3 Å². The highest BCUT2D eigenvalue weighted by Gasteiger charge is 2.23. The number of hydrogen-bond acceptors (Lipinski definition) is 6. The number of hydrogen-bond donors (Lipinski definition) is 1. The lowest BCUT2D eigenvalue weighted by Gasteiger charge is -2.35. The summed E-state index contributed by atoms with van der Waals surface area (Å²) in [4.78, 5) is 38.9. The maximum atomic E-state index is 12.7. The summed E-state index contributed by atoms with van der Waals surface area (Å²) in [6.07, 6.45) is 1.85. The molecular weight excluding hydrogens is 422 g/mol. The minimum atomic E-state index is -0.144. The first-order valence-corrected chi connectivity index (χ1v) is 11.5. The van der Waals surface area contributed by atoms with Crippen LogP contribution in [0.25, 0.3) is 21.0 Å². The summed E-state index contributed by atoms with van der Waals surface area (Å²) < 4.78 is 0. The number of rotatable bonds is 5. The number of nitrogens with one attached hydrogen (secondary N) is 1. The number of aromatic nitrogens is 2. The molecule has 2 aromatic carbocycles. The third-order valence-electron chi connectivity index (χ3n) is 5.84. The molecule has 1 aliphatic heterocycles.